The monoisotopic (exact) mass is 593 g/mol. The third kappa shape index (κ3) is 5.78. The number of halogens is 2. The second kappa shape index (κ2) is 11.9. The molecule has 3 heterocycles. The Hall–Kier alpha value is -3.95. The van der Waals surface area contributed by atoms with E-state index in [-0.39, 0.29) is 5.38 Å². The van der Waals surface area contributed by atoms with Crippen molar-refractivity contribution >= 4 is 41.4 Å². The van der Waals surface area contributed by atoms with Gasteiger partial charge in [-0.05, 0) is 60.4 Å². The predicted octanol–water partition coefficient (Wildman–Crippen LogP) is 4.46. The summed E-state index contributed by atoms with van der Waals surface area (Å²) in [5, 5.41) is 6.77. The van der Waals surface area contributed by atoms with E-state index in [1.54, 1.807) is 47.3 Å². The highest BCUT2D eigenvalue weighted by Gasteiger charge is 2.36. The molecule has 0 fully saturated rings. The molecular weight excluding hydrogens is 565 g/mol. The van der Waals surface area contributed by atoms with E-state index in [9.17, 15) is 4.79 Å². The Balaban J connectivity index is 1.31. The molecule has 1 aliphatic carbocycles. The van der Waals surface area contributed by atoms with Gasteiger partial charge in [0.2, 0.25) is 0 Å². The van der Waals surface area contributed by atoms with E-state index < -0.39 is 12.1 Å². The van der Waals surface area contributed by atoms with Gasteiger partial charge in [-0.15, -0.1) is 11.6 Å². The summed E-state index contributed by atoms with van der Waals surface area (Å²) in [7, 11) is 1.61. The van der Waals surface area contributed by atoms with Gasteiger partial charge in [0.25, 0.3) is 0 Å². The summed E-state index contributed by atoms with van der Waals surface area (Å²) in [6, 6.07) is 12.1. The maximum atomic E-state index is 13.6. The summed E-state index contributed by atoms with van der Waals surface area (Å²) < 4.78 is 19.3. The SMILES string of the molecule is COc1cc(C2c3[nH]c4c(c3CCN2C(=O)Oc2ccc(Cl)cc2)=CC(Cl)CC=4)ccc1OCCCn1cncn1. The molecule has 212 valence electrons. The Labute approximate surface area is 246 Å². The van der Waals surface area contributed by atoms with E-state index in [0.717, 1.165) is 40.2 Å². The summed E-state index contributed by atoms with van der Waals surface area (Å²) in [6.07, 6.45) is 9.14. The number of aryl methyl sites for hydroxylation is 1. The van der Waals surface area contributed by atoms with Crippen LogP contribution in [0.5, 0.6) is 17.2 Å². The number of nitrogens with zero attached hydrogens (tertiary/aromatic N) is 4. The molecule has 11 heteroatoms. The first-order chi connectivity index (χ1) is 20.0. The Morgan fingerprint density at radius 1 is 1.17 bits per heavy atom. The average molecular weight is 594 g/mol. The zero-order valence-corrected chi connectivity index (χ0v) is 23.9. The van der Waals surface area contributed by atoms with Crippen molar-refractivity contribution < 1.29 is 19.0 Å². The molecule has 0 spiro atoms. The summed E-state index contributed by atoms with van der Waals surface area (Å²) in [4.78, 5) is 22.9. The standard InChI is InChI=1S/C30H29Cl2N5O4/c1-39-27-15-19(3-10-26(27)40-14-2-12-36-18-33-17-34-36)29-28-23(24-16-21(32)6-9-25(24)35-28)11-13-37(29)30(38)41-22-7-4-20(31)5-8-22/h3-5,7-10,15-18,21,29,35H,2,6,11-14H2,1H3. The first-order valence-electron chi connectivity index (χ1n) is 13.4. The molecule has 0 saturated carbocycles. The number of carbonyl (C=O) groups is 1. The maximum Gasteiger partial charge on any atom is 0.416 e. The highest BCUT2D eigenvalue weighted by Crippen LogP contribution is 2.38. The summed E-state index contributed by atoms with van der Waals surface area (Å²) in [5.41, 5.74) is 2.97. The number of ether oxygens (including phenoxy) is 3. The topological polar surface area (TPSA) is 94.5 Å². The highest BCUT2D eigenvalue weighted by atomic mass is 35.5. The second-order valence-electron chi connectivity index (χ2n) is 9.91. The van der Waals surface area contributed by atoms with Gasteiger partial charge in [0.15, 0.2) is 11.5 Å². The Morgan fingerprint density at radius 2 is 2.02 bits per heavy atom. The van der Waals surface area contributed by atoms with Crippen LogP contribution in [-0.2, 0) is 13.0 Å². The zero-order valence-electron chi connectivity index (χ0n) is 22.4. The van der Waals surface area contributed by atoms with Crippen molar-refractivity contribution in [2.75, 3.05) is 20.3 Å². The fourth-order valence-electron chi connectivity index (χ4n) is 5.38. The molecule has 1 N–H and O–H groups in total. The number of amides is 1. The Kier molecular flexibility index (Phi) is 7.89. The molecule has 41 heavy (non-hydrogen) atoms. The van der Waals surface area contributed by atoms with Gasteiger partial charge in [-0.1, -0.05) is 29.8 Å². The van der Waals surface area contributed by atoms with E-state index in [1.165, 1.54) is 6.33 Å². The number of rotatable bonds is 8. The average Bonchev–Trinajstić information content (AvgIpc) is 3.64. The van der Waals surface area contributed by atoms with Gasteiger partial charge >= 0.3 is 6.09 Å². The van der Waals surface area contributed by atoms with Gasteiger partial charge in [0.05, 0.1) is 19.1 Å². The van der Waals surface area contributed by atoms with Crippen molar-refractivity contribution in [1.29, 1.82) is 0 Å². The van der Waals surface area contributed by atoms with E-state index in [1.807, 2.05) is 18.2 Å². The minimum Gasteiger partial charge on any atom is -0.493 e. The molecule has 6 rings (SSSR count). The van der Waals surface area contributed by atoms with E-state index in [4.69, 9.17) is 37.4 Å². The van der Waals surface area contributed by atoms with Crippen LogP contribution in [0.25, 0.3) is 12.2 Å². The van der Waals surface area contributed by atoms with Crippen LogP contribution in [-0.4, -0.2) is 56.4 Å². The van der Waals surface area contributed by atoms with Crippen molar-refractivity contribution in [3.8, 4) is 17.2 Å². The molecule has 2 aliphatic rings. The van der Waals surface area contributed by atoms with Gasteiger partial charge in [0, 0.05) is 40.8 Å². The highest BCUT2D eigenvalue weighted by molar-refractivity contribution is 6.30. The van der Waals surface area contributed by atoms with Crippen molar-refractivity contribution in [3.63, 3.8) is 0 Å². The predicted molar refractivity (Wildman–Crippen MR) is 156 cm³/mol. The minimum atomic E-state index is -0.453. The van der Waals surface area contributed by atoms with Crippen molar-refractivity contribution in [2.45, 2.75) is 37.2 Å². The van der Waals surface area contributed by atoms with Crippen LogP contribution < -0.4 is 24.8 Å². The number of alkyl halides is 1. The Morgan fingerprint density at radius 3 is 2.80 bits per heavy atom. The van der Waals surface area contributed by atoms with Crippen LogP contribution in [0, 0.1) is 0 Å². The molecule has 0 saturated heterocycles. The number of nitrogens with one attached hydrogen (secondary N) is 1. The molecule has 2 unspecified atom stereocenters. The lowest BCUT2D eigenvalue weighted by molar-refractivity contribution is 0.135. The van der Waals surface area contributed by atoms with Crippen LogP contribution >= 0.6 is 23.2 Å². The molecule has 2 atom stereocenters. The zero-order chi connectivity index (χ0) is 28.3. The molecule has 2 aromatic heterocycles. The first kappa shape index (κ1) is 27.2. The molecule has 9 nitrogen and oxygen atoms in total. The number of hydrogen-bond acceptors (Lipinski definition) is 6. The van der Waals surface area contributed by atoms with Crippen molar-refractivity contribution in [3.05, 3.63) is 87.5 Å². The number of benzene rings is 2. The number of aromatic nitrogens is 4. The van der Waals surface area contributed by atoms with Gasteiger partial charge < -0.3 is 19.2 Å². The summed E-state index contributed by atoms with van der Waals surface area (Å²) >= 11 is 12.5. The molecule has 4 aromatic rings. The third-order valence-corrected chi connectivity index (χ3v) is 7.86. The molecule has 1 amide bonds. The fraction of sp³-hybridized carbons (Fsp3) is 0.300. The maximum absolute atomic E-state index is 13.6. The normalized spacial score (nSPS) is 17.6. The number of H-pyrrole nitrogens is 1. The van der Waals surface area contributed by atoms with Crippen LogP contribution in [0.2, 0.25) is 5.02 Å². The number of aromatic amines is 1. The minimum absolute atomic E-state index is 0.0603. The number of hydrogen-bond donors (Lipinski definition) is 1. The molecule has 1 aliphatic heterocycles. The summed E-state index contributed by atoms with van der Waals surface area (Å²) in [5.74, 6) is 1.63. The quantitative estimate of drug-likeness (QED) is 0.239. The molecular formula is C30H29Cl2N5O4. The first-order valence-corrected chi connectivity index (χ1v) is 14.3. The second-order valence-corrected chi connectivity index (χ2v) is 10.9. The van der Waals surface area contributed by atoms with E-state index in [2.05, 4.69) is 27.2 Å². The van der Waals surface area contributed by atoms with Crippen LogP contribution in [0.4, 0.5) is 4.79 Å². The van der Waals surface area contributed by atoms with Crippen molar-refractivity contribution in [2.24, 2.45) is 0 Å². The third-order valence-electron chi connectivity index (χ3n) is 7.30. The number of methoxy groups -OCH3 is 1. The molecule has 0 radical (unpaired) electrons. The lowest BCUT2D eigenvalue weighted by Crippen LogP contribution is -2.43. The van der Waals surface area contributed by atoms with Gasteiger partial charge in [-0.2, -0.15) is 5.10 Å². The number of carbonyl (C=O) groups excluding carboxylic acids is 1. The smallest absolute Gasteiger partial charge is 0.416 e. The fourth-order valence-corrected chi connectivity index (χ4v) is 5.72. The summed E-state index contributed by atoms with van der Waals surface area (Å²) in [6.45, 7) is 1.65. The van der Waals surface area contributed by atoms with Crippen LogP contribution in [0.15, 0.2) is 55.1 Å². The van der Waals surface area contributed by atoms with Gasteiger partial charge in [-0.25, -0.2) is 9.78 Å². The molecule has 2 aromatic carbocycles. The number of fused-ring (bicyclic) bond motifs is 3. The van der Waals surface area contributed by atoms with Crippen LogP contribution in [0.1, 0.15) is 35.7 Å². The van der Waals surface area contributed by atoms with Crippen LogP contribution in [0.3, 0.4) is 0 Å². The van der Waals surface area contributed by atoms with Gasteiger partial charge in [0.1, 0.15) is 24.4 Å². The van der Waals surface area contributed by atoms with Crippen molar-refractivity contribution in [1.82, 2.24) is 24.6 Å². The molecule has 0 bridgehead atoms. The lowest BCUT2D eigenvalue weighted by Gasteiger charge is -2.35. The van der Waals surface area contributed by atoms with Gasteiger partial charge in [-0.3, -0.25) is 9.58 Å². The van der Waals surface area contributed by atoms with E-state index in [0.29, 0.717) is 48.4 Å². The van der Waals surface area contributed by atoms with E-state index >= 15 is 0 Å². The largest absolute Gasteiger partial charge is 0.493 e. The Bertz CT molecular complexity index is 1650. The lowest BCUT2D eigenvalue weighted by atomic mass is 9.92.